The Kier molecular flexibility index (Phi) is 4.87. The second kappa shape index (κ2) is 7.33. The predicted octanol–water partition coefficient (Wildman–Crippen LogP) is 2.73. The lowest BCUT2D eigenvalue weighted by Gasteiger charge is -2.46. The highest BCUT2D eigenvalue weighted by Crippen LogP contribution is 2.41. The van der Waals surface area contributed by atoms with Crippen LogP contribution in [0, 0.1) is 17.0 Å². The van der Waals surface area contributed by atoms with Gasteiger partial charge in [-0.25, -0.2) is 13.8 Å². The van der Waals surface area contributed by atoms with Crippen LogP contribution in [-0.4, -0.2) is 51.2 Å². The van der Waals surface area contributed by atoms with Crippen molar-refractivity contribution in [2.45, 2.75) is 32.2 Å². The number of H-pyrrole nitrogens is 1. The van der Waals surface area contributed by atoms with Crippen LogP contribution in [0.25, 0.3) is 0 Å². The van der Waals surface area contributed by atoms with Crippen LogP contribution in [0.2, 0.25) is 0 Å². The van der Waals surface area contributed by atoms with E-state index in [1.165, 1.54) is 6.20 Å². The number of hydrogen-bond acceptors (Lipinski definition) is 3. The number of likely N-dealkylation sites (tertiary alicyclic amines) is 2. The molecule has 6 nitrogen and oxygen atoms in total. The topological polar surface area (TPSA) is 69.3 Å². The van der Waals surface area contributed by atoms with Crippen molar-refractivity contribution in [1.29, 1.82) is 0 Å². The molecule has 1 spiro atoms. The van der Waals surface area contributed by atoms with Crippen molar-refractivity contribution in [3.63, 3.8) is 0 Å². The lowest BCUT2D eigenvalue weighted by atomic mass is 9.71. The number of rotatable bonds is 3. The number of hydrogen-bond donors (Lipinski definition) is 1. The van der Waals surface area contributed by atoms with E-state index in [0.29, 0.717) is 38.3 Å². The Morgan fingerprint density at radius 2 is 1.96 bits per heavy atom. The molecule has 0 saturated carbocycles. The van der Waals surface area contributed by atoms with Crippen LogP contribution < -0.4 is 0 Å². The van der Waals surface area contributed by atoms with Gasteiger partial charge in [0.05, 0.1) is 5.41 Å². The van der Waals surface area contributed by atoms with E-state index in [2.05, 4.69) is 9.97 Å². The molecule has 2 aliphatic rings. The zero-order chi connectivity index (χ0) is 19.7. The van der Waals surface area contributed by atoms with Gasteiger partial charge in [-0.3, -0.25) is 9.59 Å². The summed E-state index contributed by atoms with van der Waals surface area (Å²) in [6, 6.07) is 3.31. The first-order valence-corrected chi connectivity index (χ1v) is 9.50. The maximum Gasteiger partial charge on any atom is 0.289 e. The Morgan fingerprint density at radius 3 is 2.68 bits per heavy atom. The number of imidazole rings is 1. The summed E-state index contributed by atoms with van der Waals surface area (Å²) in [5.41, 5.74) is -0.335. The highest BCUT2D eigenvalue weighted by molar-refractivity contribution is 5.91. The molecular weight excluding hydrogens is 366 g/mol. The van der Waals surface area contributed by atoms with Crippen molar-refractivity contribution in [3.8, 4) is 0 Å². The van der Waals surface area contributed by atoms with Crippen molar-refractivity contribution in [2.24, 2.45) is 5.41 Å². The van der Waals surface area contributed by atoms with E-state index in [1.807, 2.05) is 0 Å². The van der Waals surface area contributed by atoms with Crippen molar-refractivity contribution in [3.05, 3.63) is 53.6 Å². The second-order valence-corrected chi connectivity index (χ2v) is 7.58. The van der Waals surface area contributed by atoms with Crippen LogP contribution in [0.5, 0.6) is 0 Å². The lowest BCUT2D eigenvalue weighted by Crippen LogP contribution is -2.54. The molecule has 1 aromatic carbocycles. The van der Waals surface area contributed by atoms with Crippen LogP contribution in [0.15, 0.2) is 30.6 Å². The van der Waals surface area contributed by atoms with Crippen LogP contribution in [0.1, 0.15) is 41.9 Å². The van der Waals surface area contributed by atoms with E-state index in [9.17, 15) is 18.4 Å². The molecule has 2 saturated heterocycles. The largest absolute Gasteiger partial charge is 0.341 e. The molecule has 2 aliphatic heterocycles. The maximum absolute atomic E-state index is 14.0. The summed E-state index contributed by atoms with van der Waals surface area (Å²) in [7, 11) is 0. The zero-order valence-corrected chi connectivity index (χ0v) is 15.5. The average molecular weight is 388 g/mol. The third-order valence-corrected chi connectivity index (χ3v) is 5.90. The van der Waals surface area contributed by atoms with E-state index in [-0.39, 0.29) is 23.9 Å². The molecule has 2 fully saturated rings. The summed E-state index contributed by atoms with van der Waals surface area (Å²) in [6.45, 7) is 1.56. The fourth-order valence-corrected chi connectivity index (χ4v) is 4.31. The zero-order valence-electron chi connectivity index (χ0n) is 15.5. The summed E-state index contributed by atoms with van der Waals surface area (Å²) in [5, 5.41) is 0. The molecular formula is C20H22F2N4O2. The third kappa shape index (κ3) is 3.39. The van der Waals surface area contributed by atoms with Crippen LogP contribution >= 0.6 is 0 Å². The Morgan fingerprint density at radius 1 is 1.18 bits per heavy atom. The molecule has 28 heavy (non-hydrogen) atoms. The van der Waals surface area contributed by atoms with Gasteiger partial charge >= 0.3 is 0 Å². The second-order valence-electron chi connectivity index (χ2n) is 7.58. The number of aromatic nitrogens is 2. The van der Waals surface area contributed by atoms with Gasteiger partial charge in [-0.1, -0.05) is 0 Å². The van der Waals surface area contributed by atoms with Gasteiger partial charge in [-0.05, 0) is 43.9 Å². The van der Waals surface area contributed by atoms with Crippen LogP contribution in [-0.2, 0) is 11.3 Å². The number of benzene rings is 1. The van der Waals surface area contributed by atoms with Crippen LogP contribution in [0.3, 0.4) is 0 Å². The number of nitrogens with zero attached hydrogens (tertiary/aromatic N) is 3. The highest BCUT2D eigenvalue weighted by Gasteiger charge is 2.46. The Balaban J connectivity index is 1.45. The molecule has 3 heterocycles. The minimum atomic E-state index is -0.526. The van der Waals surface area contributed by atoms with Gasteiger partial charge in [-0.15, -0.1) is 0 Å². The summed E-state index contributed by atoms with van der Waals surface area (Å²) in [5.74, 6) is -0.906. The first-order chi connectivity index (χ1) is 13.5. The molecule has 4 rings (SSSR count). The van der Waals surface area contributed by atoms with Crippen molar-refractivity contribution < 1.29 is 18.4 Å². The first kappa shape index (κ1) is 18.6. The molecule has 148 valence electrons. The summed E-state index contributed by atoms with van der Waals surface area (Å²) in [6.07, 6.45) is 5.85. The van der Waals surface area contributed by atoms with E-state index in [0.717, 1.165) is 31.0 Å². The van der Waals surface area contributed by atoms with E-state index < -0.39 is 17.0 Å². The molecule has 0 atom stereocenters. The van der Waals surface area contributed by atoms with Gasteiger partial charge in [0.1, 0.15) is 11.6 Å². The fourth-order valence-electron chi connectivity index (χ4n) is 4.31. The summed E-state index contributed by atoms with van der Waals surface area (Å²) >= 11 is 0. The van der Waals surface area contributed by atoms with Gasteiger partial charge in [0, 0.05) is 44.1 Å². The number of amides is 2. The molecule has 8 heteroatoms. The normalized spacial score (nSPS) is 19.3. The number of aromatic amines is 1. The number of carbonyl (C=O) groups is 2. The fraction of sp³-hybridized carbons (Fsp3) is 0.450. The monoisotopic (exact) mass is 388 g/mol. The predicted molar refractivity (Wildman–Crippen MR) is 97.2 cm³/mol. The van der Waals surface area contributed by atoms with Gasteiger partial charge in [0.15, 0.2) is 5.82 Å². The number of carbonyl (C=O) groups excluding carboxylic acids is 2. The Labute approximate surface area is 161 Å². The van der Waals surface area contributed by atoms with E-state index in [4.69, 9.17) is 0 Å². The quantitative estimate of drug-likeness (QED) is 0.879. The highest BCUT2D eigenvalue weighted by atomic mass is 19.1. The molecule has 0 unspecified atom stereocenters. The molecule has 0 radical (unpaired) electrons. The van der Waals surface area contributed by atoms with Gasteiger partial charge in [-0.2, -0.15) is 0 Å². The summed E-state index contributed by atoms with van der Waals surface area (Å²) < 4.78 is 27.5. The van der Waals surface area contributed by atoms with E-state index >= 15 is 0 Å². The summed E-state index contributed by atoms with van der Waals surface area (Å²) in [4.78, 5) is 35.8. The average Bonchev–Trinajstić information content (AvgIpc) is 3.23. The Bertz CT molecular complexity index is 876. The van der Waals surface area contributed by atoms with Crippen LogP contribution in [0.4, 0.5) is 8.78 Å². The first-order valence-electron chi connectivity index (χ1n) is 9.50. The van der Waals surface area contributed by atoms with Crippen molar-refractivity contribution in [2.75, 3.05) is 19.6 Å². The number of nitrogens with one attached hydrogen (secondary N) is 1. The standard InChI is InChI=1S/C20H22F2N4O2/c21-15-2-3-16(22)14(12-15)13-26-9-1-4-20(19(26)28)5-10-25(11-6-20)18(27)17-23-7-8-24-17/h2-3,7-8,12H,1,4-6,9-11,13H2,(H,23,24). The van der Waals surface area contributed by atoms with Crippen molar-refractivity contribution >= 4 is 11.8 Å². The SMILES string of the molecule is O=C(c1ncc[nH]1)N1CCC2(CCCN(Cc3cc(F)ccc3F)C2=O)CC1. The molecule has 2 aromatic rings. The molecule has 1 N–H and O–H groups in total. The minimum Gasteiger partial charge on any atom is -0.341 e. The molecule has 0 aliphatic carbocycles. The van der Waals surface area contributed by atoms with Gasteiger partial charge < -0.3 is 14.8 Å². The minimum absolute atomic E-state index is 0.0208. The van der Waals surface area contributed by atoms with Gasteiger partial charge in [0.2, 0.25) is 5.91 Å². The van der Waals surface area contributed by atoms with Gasteiger partial charge in [0.25, 0.3) is 5.91 Å². The number of piperidine rings is 2. The maximum atomic E-state index is 14.0. The van der Waals surface area contributed by atoms with Crippen molar-refractivity contribution in [1.82, 2.24) is 19.8 Å². The number of halogens is 2. The third-order valence-electron chi connectivity index (χ3n) is 5.90. The van der Waals surface area contributed by atoms with E-state index in [1.54, 1.807) is 16.0 Å². The Hall–Kier alpha value is -2.77. The lowest BCUT2D eigenvalue weighted by molar-refractivity contribution is -0.150. The molecule has 0 bridgehead atoms. The smallest absolute Gasteiger partial charge is 0.289 e. The molecule has 2 amide bonds. The molecule has 1 aromatic heterocycles.